The summed E-state index contributed by atoms with van der Waals surface area (Å²) in [4.78, 5) is 26.0. The minimum atomic E-state index is -4.17. The Labute approximate surface area is 112 Å². The van der Waals surface area contributed by atoms with Gasteiger partial charge in [-0.25, -0.2) is 23.1 Å². The van der Waals surface area contributed by atoms with Gasteiger partial charge in [0.2, 0.25) is 10.0 Å². The number of hydroxylamine groups is 1. The van der Waals surface area contributed by atoms with E-state index in [0.29, 0.717) is 6.07 Å². The summed E-state index contributed by atoms with van der Waals surface area (Å²) in [5.41, 5.74) is 1.18. The van der Waals surface area contributed by atoms with Crippen molar-refractivity contribution in [2.24, 2.45) is 0 Å². The Balaban J connectivity index is 2.32. The second kappa shape index (κ2) is 5.15. The van der Waals surface area contributed by atoms with Crippen LogP contribution in [-0.2, 0) is 19.7 Å². The summed E-state index contributed by atoms with van der Waals surface area (Å²) in [5, 5.41) is 8.74. The Morgan fingerprint density at radius 2 is 2.20 bits per heavy atom. The number of carbonyl (C=O) groups is 2. The molecule has 1 amide bonds. The van der Waals surface area contributed by atoms with Crippen LogP contribution in [0.2, 0.25) is 0 Å². The molecule has 3 N–H and O–H groups in total. The molecule has 0 unspecified atom stereocenters. The number of carboxylic acid groups (broad SMARTS) is 1. The number of halogens is 1. The molecule has 0 spiro atoms. The maximum Gasteiger partial charge on any atom is 0.338 e. The summed E-state index contributed by atoms with van der Waals surface area (Å²) in [6.07, 6.45) is 0. The first kappa shape index (κ1) is 14.4. The molecule has 1 aliphatic rings. The number of hydrogen-bond donors (Lipinski definition) is 3. The molecule has 0 radical (unpaired) electrons. The van der Waals surface area contributed by atoms with Gasteiger partial charge in [-0.3, -0.25) is 9.63 Å². The smallest absolute Gasteiger partial charge is 0.338 e. The van der Waals surface area contributed by atoms with Crippen molar-refractivity contribution in [1.29, 1.82) is 0 Å². The molecule has 1 atom stereocenters. The number of carboxylic acids is 1. The van der Waals surface area contributed by atoms with E-state index in [1.54, 1.807) is 0 Å². The highest BCUT2D eigenvalue weighted by atomic mass is 32.2. The average molecular weight is 304 g/mol. The van der Waals surface area contributed by atoms with Crippen LogP contribution in [0.3, 0.4) is 0 Å². The van der Waals surface area contributed by atoms with Crippen LogP contribution in [0.25, 0.3) is 0 Å². The molecule has 1 aromatic rings. The third kappa shape index (κ3) is 2.76. The van der Waals surface area contributed by atoms with E-state index in [2.05, 4.69) is 4.84 Å². The summed E-state index contributed by atoms with van der Waals surface area (Å²) in [5.74, 6) is -3.32. The van der Waals surface area contributed by atoms with E-state index in [-0.39, 0.29) is 6.61 Å². The molecule has 108 valence electrons. The fourth-order valence-corrected chi connectivity index (χ4v) is 2.73. The van der Waals surface area contributed by atoms with Gasteiger partial charge in [0.1, 0.15) is 18.5 Å². The maximum absolute atomic E-state index is 13.2. The van der Waals surface area contributed by atoms with Crippen LogP contribution in [-0.4, -0.2) is 38.0 Å². The zero-order chi connectivity index (χ0) is 14.9. The molecule has 1 saturated heterocycles. The first-order valence-corrected chi connectivity index (χ1v) is 6.76. The Morgan fingerprint density at radius 3 is 2.75 bits per heavy atom. The maximum atomic E-state index is 13.2. The van der Waals surface area contributed by atoms with Crippen molar-refractivity contribution >= 4 is 21.9 Å². The Hall–Kier alpha value is -2.04. The number of rotatable bonds is 4. The average Bonchev–Trinajstić information content (AvgIpc) is 2.74. The Morgan fingerprint density at radius 1 is 1.50 bits per heavy atom. The second-order valence-corrected chi connectivity index (χ2v) is 5.61. The molecule has 20 heavy (non-hydrogen) atoms. The van der Waals surface area contributed by atoms with Crippen LogP contribution < -0.4 is 10.2 Å². The van der Waals surface area contributed by atoms with E-state index in [0.717, 1.165) is 12.1 Å². The largest absolute Gasteiger partial charge is 0.478 e. The lowest BCUT2D eigenvalue weighted by Crippen LogP contribution is -2.41. The lowest BCUT2D eigenvalue weighted by atomic mass is 10.2. The Bertz CT molecular complexity index is 674. The predicted molar refractivity (Wildman–Crippen MR) is 61.6 cm³/mol. The minimum Gasteiger partial charge on any atom is -0.478 e. The lowest BCUT2D eigenvalue weighted by molar-refractivity contribution is -0.124. The monoisotopic (exact) mass is 304 g/mol. The standard InChI is InChI=1S/C10H9FN2O6S/c11-7-2-1-5(3-6(7)10(15)16)20(17,18)13-8-4-19-12-9(8)14/h1-3,8,13H,4H2,(H,12,14)(H,15,16)/t8-/m1/s1. The molecule has 0 aliphatic carbocycles. The second-order valence-electron chi connectivity index (χ2n) is 3.90. The van der Waals surface area contributed by atoms with Gasteiger partial charge in [-0.05, 0) is 18.2 Å². The summed E-state index contributed by atoms with van der Waals surface area (Å²) < 4.78 is 39.1. The number of hydrogen-bond acceptors (Lipinski definition) is 5. The molecule has 1 aromatic carbocycles. The first-order valence-electron chi connectivity index (χ1n) is 5.28. The van der Waals surface area contributed by atoms with Crippen molar-refractivity contribution in [2.45, 2.75) is 10.9 Å². The predicted octanol–water partition coefficient (Wildman–Crippen LogP) is -0.768. The number of amides is 1. The zero-order valence-corrected chi connectivity index (χ0v) is 10.6. The number of carbonyl (C=O) groups excluding carboxylic acids is 1. The van der Waals surface area contributed by atoms with Crippen LogP contribution in [0.4, 0.5) is 4.39 Å². The third-order valence-corrected chi connectivity index (χ3v) is 3.98. The van der Waals surface area contributed by atoms with E-state index in [4.69, 9.17) is 5.11 Å². The van der Waals surface area contributed by atoms with Gasteiger partial charge in [0.15, 0.2) is 0 Å². The van der Waals surface area contributed by atoms with Gasteiger partial charge in [-0.15, -0.1) is 0 Å². The number of sulfonamides is 1. The van der Waals surface area contributed by atoms with Crippen LogP contribution in [0.1, 0.15) is 10.4 Å². The SMILES string of the molecule is O=C(O)c1cc(S(=O)(=O)N[C@@H]2CONC2=O)ccc1F. The van der Waals surface area contributed by atoms with Gasteiger partial charge in [0.05, 0.1) is 10.5 Å². The van der Waals surface area contributed by atoms with Gasteiger partial charge < -0.3 is 5.11 Å². The summed E-state index contributed by atoms with van der Waals surface area (Å²) >= 11 is 0. The molecule has 8 nitrogen and oxygen atoms in total. The fourth-order valence-electron chi connectivity index (χ4n) is 1.52. The summed E-state index contributed by atoms with van der Waals surface area (Å²) in [7, 11) is -4.17. The van der Waals surface area contributed by atoms with E-state index < -0.39 is 44.2 Å². The normalized spacial score (nSPS) is 18.9. The molecule has 10 heteroatoms. The molecular formula is C10H9FN2O6S. The van der Waals surface area contributed by atoms with Crippen molar-refractivity contribution in [3.8, 4) is 0 Å². The van der Waals surface area contributed by atoms with Gasteiger partial charge >= 0.3 is 5.97 Å². The van der Waals surface area contributed by atoms with E-state index in [1.807, 2.05) is 10.2 Å². The molecule has 0 saturated carbocycles. The number of aromatic carboxylic acids is 1. The molecule has 1 fully saturated rings. The van der Waals surface area contributed by atoms with Gasteiger partial charge in [-0.2, -0.15) is 4.72 Å². The van der Waals surface area contributed by atoms with Crippen LogP contribution in [0.15, 0.2) is 23.1 Å². The zero-order valence-electron chi connectivity index (χ0n) is 9.79. The van der Waals surface area contributed by atoms with Crippen LogP contribution >= 0.6 is 0 Å². The van der Waals surface area contributed by atoms with Crippen molar-refractivity contribution in [2.75, 3.05) is 6.61 Å². The highest BCUT2D eigenvalue weighted by Gasteiger charge is 2.31. The topological polar surface area (TPSA) is 122 Å². The summed E-state index contributed by atoms with van der Waals surface area (Å²) in [6.45, 7) is -0.203. The quantitative estimate of drug-likeness (QED) is 0.671. The van der Waals surface area contributed by atoms with Crippen LogP contribution in [0, 0.1) is 5.82 Å². The highest BCUT2D eigenvalue weighted by Crippen LogP contribution is 2.16. The number of nitrogens with one attached hydrogen (secondary N) is 2. The van der Waals surface area contributed by atoms with Crippen LogP contribution in [0.5, 0.6) is 0 Å². The molecule has 0 bridgehead atoms. The molecule has 1 aliphatic heterocycles. The highest BCUT2D eigenvalue weighted by molar-refractivity contribution is 7.89. The molecule has 0 aromatic heterocycles. The van der Waals surface area contributed by atoms with E-state index in [1.165, 1.54) is 0 Å². The third-order valence-electron chi connectivity index (χ3n) is 2.52. The molecule has 2 rings (SSSR count). The fraction of sp³-hybridized carbons (Fsp3) is 0.200. The minimum absolute atomic E-state index is 0.203. The van der Waals surface area contributed by atoms with Gasteiger partial charge in [0.25, 0.3) is 5.91 Å². The van der Waals surface area contributed by atoms with Crippen molar-refractivity contribution < 1.29 is 32.3 Å². The lowest BCUT2D eigenvalue weighted by Gasteiger charge is -2.10. The van der Waals surface area contributed by atoms with E-state index >= 15 is 0 Å². The molecular weight excluding hydrogens is 295 g/mol. The van der Waals surface area contributed by atoms with E-state index in [9.17, 15) is 22.4 Å². The van der Waals surface area contributed by atoms with Crippen molar-refractivity contribution in [3.05, 3.63) is 29.6 Å². The van der Waals surface area contributed by atoms with Crippen molar-refractivity contribution in [3.63, 3.8) is 0 Å². The molecule has 1 heterocycles. The summed E-state index contributed by atoms with van der Waals surface area (Å²) in [6, 6.07) is 1.17. The van der Waals surface area contributed by atoms with Gasteiger partial charge in [0, 0.05) is 0 Å². The first-order chi connectivity index (χ1) is 9.31. The number of benzene rings is 1. The van der Waals surface area contributed by atoms with Gasteiger partial charge in [-0.1, -0.05) is 0 Å². The Kier molecular flexibility index (Phi) is 3.70. The van der Waals surface area contributed by atoms with Crippen molar-refractivity contribution in [1.82, 2.24) is 10.2 Å².